The van der Waals surface area contributed by atoms with Gasteiger partial charge in [-0.15, -0.1) is 0 Å². The first-order valence-electron chi connectivity index (χ1n) is 9.17. The Hall–Kier alpha value is -2.57. The van der Waals surface area contributed by atoms with Crippen molar-refractivity contribution in [1.82, 2.24) is 5.32 Å². The van der Waals surface area contributed by atoms with Gasteiger partial charge in [-0.2, -0.15) is 0 Å². The van der Waals surface area contributed by atoms with E-state index in [0.717, 1.165) is 11.3 Å². The van der Waals surface area contributed by atoms with Gasteiger partial charge in [0.2, 0.25) is 0 Å². The normalized spacial score (nSPS) is 12.0. The van der Waals surface area contributed by atoms with Gasteiger partial charge in [-0.05, 0) is 67.9 Å². The molecule has 0 saturated carbocycles. The van der Waals surface area contributed by atoms with Gasteiger partial charge < -0.3 is 14.5 Å². The molecule has 152 valence electrons. The average molecular weight is 432 g/mol. The zero-order valence-electron chi connectivity index (χ0n) is 16.2. The fourth-order valence-electron chi connectivity index (χ4n) is 2.60. The summed E-state index contributed by atoms with van der Waals surface area (Å²) in [5, 5.41) is 3.40. The molecule has 7 heteroatoms. The Kier molecular flexibility index (Phi) is 7.12. The predicted octanol–water partition coefficient (Wildman–Crippen LogP) is 4.96. The monoisotopic (exact) mass is 431 g/mol. The van der Waals surface area contributed by atoms with Crippen molar-refractivity contribution >= 4 is 28.3 Å². The maximum Gasteiger partial charge on any atom is 0.287 e. The Bertz CT molecular complexity index is 981. The first-order chi connectivity index (χ1) is 13.9. The topological polar surface area (TPSA) is 68.5 Å². The molecule has 0 bridgehead atoms. The van der Waals surface area contributed by atoms with Gasteiger partial charge in [-0.25, -0.2) is 0 Å². The minimum atomic E-state index is -1.28. The molecule has 1 aromatic heterocycles. The van der Waals surface area contributed by atoms with E-state index in [1.165, 1.54) is 0 Å². The molecular weight excluding hydrogens is 410 g/mol. The maximum atomic E-state index is 12.4. The summed E-state index contributed by atoms with van der Waals surface area (Å²) in [7, 11) is -1.28. The van der Waals surface area contributed by atoms with Crippen LogP contribution >= 0.6 is 11.6 Å². The van der Waals surface area contributed by atoms with Crippen LogP contribution in [-0.4, -0.2) is 16.2 Å². The van der Waals surface area contributed by atoms with Gasteiger partial charge in [0.05, 0.1) is 22.7 Å². The minimum absolute atomic E-state index is 0.114. The zero-order valence-corrected chi connectivity index (χ0v) is 17.8. The Balaban J connectivity index is 1.53. The maximum absolute atomic E-state index is 12.4. The molecule has 3 aromatic rings. The molecule has 0 fully saturated rings. The van der Waals surface area contributed by atoms with E-state index in [-0.39, 0.29) is 23.5 Å². The van der Waals surface area contributed by atoms with E-state index < -0.39 is 10.8 Å². The van der Waals surface area contributed by atoms with Gasteiger partial charge in [0.1, 0.15) is 11.5 Å². The summed E-state index contributed by atoms with van der Waals surface area (Å²) in [5.41, 5.74) is 0.949. The van der Waals surface area contributed by atoms with Crippen LogP contribution in [0.2, 0.25) is 5.02 Å². The molecule has 29 heavy (non-hydrogen) atoms. The Morgan fingerprint density at radius 3 is 2.41 bits per heavy atom. The summed E-state index contributed by atoms with van der Waals surface area (Å²) in [5.74, 6) is 1.33. The molecule has 0 aliphatic rings. The van der Waals surface area contributed by atoms with Crippen LogP contribution in [0, 0.1) is 0 Å². The summed E-state index contributed by atoms with van der Waals surface area (Å²) >= 11 is 5.85. The summed E-state index contributed by atoms with van der Waals surface area (Å²) in [6, 6.07) is 17.6. The lowest BCUT2D eigenvalue weighted by Crippen LogP contribution is -2.22. The van der Waals surface area contributed by atoms with Crippen molar-refractivity contribution in [3.8, 4) is 5.75 Å². The van der Waals surface area contributed by atoms with E-state index >= 15 is 0 Å². The van der Waals surface area contributed by atoms with Crippen LogP contribution in [0.4, 0.5) is 0 Å². The molecule has 0 aliphatic carbocycles. The second-order valence-electron chi connectivity index (χ2n) is 6.70. The third-order valence-corrected chi connectivity index (χ3v) is 5.58. The molecule has 0 radical (unpaired) electrons. The lowest BCUT2D eigenvalue weighted by molar-refractivity contribution is 0.0921. The number of hydrogen-bond donors (Lipinski definition) is 1. The van der Waals surface area contributed by atoms with Crippen LogP contribution < -0.4 is 10.1 Å². The van der Waals surface area contributed by atoms with Gasteiger partial charge in [-0.1, -0.05) is 23.7 Å². The SMILES string of the molecule is CC(C)Oc1ccc(CNC(=O)c2ccc(C[S@@](=O)c3ccc(Cl)cc3)o2)cc1. The summed E-state index contributed by atoms with van der Waals surface area (Å²) < 4.78 is 23.6. The quantitative estimate of drug-likeness (QED) is 0.547. The van der Waals surface area contributed by atoms with E-state index in [2.05, 4.69) is 5.32 Å². The van der Waals surface area contributed by atoms with Crippen LogP contribution in [0.1, 0.15) is 35.7 Å². The lowest BCUT2D eigenvalue weighted by atomic mass is 10.2. The zero-order chi connectivity index (χ0) is 20.8. The number of nitrogens with one attached hydrogen (secondary N) is 1. The molecule has 1 atom stereocenters. The van der Waals surface area contributed by atoms with E-state index in [1.807, 2.05) is 38.1 Å². The Labute approximate surface area is 177 Å². The van der Waals surface area contributed by atoms with Crippen LogP contribution in [0.3, 0.4) is 0 Å². The molecule has 1 amide bonds. The molecular formula is C22H22ClNO4S. The van der Waals surface area contributed by atoms with Gasteiger partial charge in [0.15, 0.2) is 5.76 Å². The number of ether oxygens (including phenoxy) is 1. The van der Waals surface area contributed by atoms with Crippen LogP contribution in [0.15, 0.2) is 70.0 Å². The Morgan fingerprint density at radius 1 is 1.07 bits per heavy atom. The Morgan fingerprint density at radius 2 is 1.76 bits per heavy atom. The molecule has 1 N–H and O–H groups in total. The largest absolute Gasteiger partial charge is 0.491 e. The molecule has 3 rings (SSSR count). The number of halogens is 1. The second-order valence-corrected chi connectivity index (χ2v) is 8.59. The summed E-state index contributed by atoms with van der Waals surface area (Å²) in [6.07, 6.45) is 0.114. The number of carbonyl (C=O) groups excluding carboxylic acids is 1. The van der Waals surface area contributed by atoms with Crippen molar-refractivity contribution in [3.63, 3.8) is 0 Å². The smallest absolute Gasteiger partial charge is 0.287 e. The number of furan rings is 1. The van der Waals surface area contributed by atoms with Gasteiger partial charge >= 0.3 is 0 Å². The molecule has 0 aliphatic heterocycles. The number of hydrogen-bond acceptors (Lipinski definition) is 4. The number of amides is 1. The minimum Gasteiger partial charge on any atom is -0.491 e. The van der Waals surface area contributed by atoms with Crippen LogP contribution in [0.5, 0.6) is 5.75 Å². The molecule has 2 aromatic carbocycles. The fraction of sp³-hybridized carbons (Fsp3) is 0.227. The highest BCUT2D eigenvalue weighted by molar-refractivity contribution is 7.84. The van der Waals surface area contributed by atoms with Crippen LogP contribution in [-0.2, 0) is 23.1 Å². The van der Waals surface area contributed by atoms with E-state index in [1.54, 1.807) is 36.4 Å². The van der Waals surface area contributed by atoms with E-state index in [0.29, 0.717) is 22.2 Å². The third kappa shape index (κ3) is 6.21. The second kappa shape index (κ2) is 9.76. The number of rotatable bonds is 8. The first-order valence-corrected chi connectivity index (χ1v) is 10.9. The highest BCUT2D eigenvalue weighted by Gasteiger charge is 2.14. The number of benzene rings is 2. The molecule has 0 unspecified atom stereocenters. The van der Waals surface area contributed by atoms with Crippen molar-refractivity contribution < 1.29 is 18.2 Å². The molecule has 0 spiro atoms. The highest BCUT2D eigenvalue weighted by Crippen LogP contribution is 2.18. The lowest BCUT2D eigenvalue weighted by Gasteiger charge is -2.10. The van der Waals surface area contributed by atoms with Crippen molar-refractivity contribution in [3.05, 3.63) is 82.8 Å². The average Bonchev–Trinajstić information content (AvgIpc) is 3.16. The predicted molar refractivity (Wildman–Crippen MR) is 114 cm³/mol. The summed E-state index contributed by atoms with van der Waals surface area (Å²) in [6.45, 7) is 4.31. The van der Waals surface area contributed by atoms with Gasteiger partial charge in [0.25, 0.3) is 5.91 Å². The fourth-order valence-corrected chi connectivity index (χ4v) is 3.75. The first kappa shape index (κ1) is 21.1. The molecule has 0 saturated heterocycles. The molecule has 5 nitrogen and oxygen atoms in total. The molecule has 1 heterocycles. The van der Waals surface area contributed by atoms with Crippen molar-refractivity contribution in [1.29, 1.82) is 0 Å². The summed E-state index contributed by atoms with van der Waals surface area (Å²) in [4.78, 5) is 13.0. The van der Waals surface area contributed by atoms with Gasteiger partial charge in [-0.3, -0.25) is 9.00 Å². The highest BCUT2D eigenvalue weighted by atomic mass is 35.5. The standard InChI is InChI=1S/C22H22ClNO4S/c1-15(2)27-18-7-3-16(4-8-18)13-24-22(25)21-12-9-19(28-21)14-29(26)20-10-5-17(23)6-11-20/h3-12,15H,13-14H2,1-2H3,(H,24,25)/t29-/m1/s1. The van der Waals surface area contributed by atoms with E-state index in [4.69, 9.17) is 20.8 Å². The van der Waals surface area contributed by atoms with Crippen molar-refractivity contribution in [2.24, 2.45) is 0 Å². The van der Waals surface area contributed by atoms with Gasteiger partial charge in [0, 0.05) is 16.5 Å². The van der Waals surface area contributed by atoms with E-state index in [9.17, 15) is 9.00 Å². The van der Waals surface area contributed by atoms with Crippen LogP contribution in [0.25, 0.3) is 0 Å². The third-order valence-electron chi connectivity index (χ3n) is 3.98. The van der Waals surface area contributed by atoms with Crippen molar-refractivity contribution in [2.45, 2.75) is 37.1 Å². The number of carbonyl (C=O) groups is 1. The van der Waals surface area contributed by atoms with Crippen molar-refractivity contribution in [2.75, 3.05) is 0 Å².